The van der Waals surface area contributed by atoms with E-state index in [9.17, 15) is 8.42 Å². The lowest BCUT2D eigenvalue weighted by molar-refractivity contribution is 0.0348. The first kappa shape index (κ1) is 29.0. The highest BCUT2D eigenvalue weighted by molar-refractivity contribution is 7.89. The van der Waals surface area contributed by atoms with Crippen LogP contribution in [0.5, 0.6) is 0 Å². The molecule has 1 unspecified atom stereocenters. The Morgan fingerprint density at radius 3 is 2.46 bits per heavy atom. The molecular weight excluding hydrogens is 514 g/mol. The van der Waals surface area contributed by atoms with Crippen LogP contribution >= 0.6 is 11.6 Å². The number of sulfonamides is 1. The van der Waals surface area contributed by atoms with E-state index >= 15 is 0 Å². The topological polar surface area (TPSA) is 110 Å². The van der Waals surface area contributed by atoms with Gasteiger partial charge in [0.2, 0.25) is 10.0 Å². The number of aliphatic hydroxyl groups excluding tert-OH is 1. The van der Waals surface area contributed by atoms with Crippen LogP contribution in [0.2, 0.25) is 5.02 Å². The van der Waals surface area contributed by atoms with Crippen LogP contribution in [0.15, 0.2) is 71.8 Å². The van der Waals surface area contributed by atoms with Crippen LogP contribution in [0.3, 0.4) is 0 Å². The highest BCUT2D eigenvalue weighted by Gasteiger charge is 2.19. The van der Waals surface area contributed by atoms with E-state index in [-0.39, 0.29) is 37.3 Å². The average molecular weight is 548 g/mol. The first-order valence-corrected chi connectivity index (χ1v) is 14.0. The van der Waals surface area contributed by atoms with Crippen LogP contribution < -0.4 is 10.0 Å². The molecule has 0 radical (unpaired) electrons. The van der Waals surface area contributed by atoms with E-state index in [0.717, 1.165) is 18.4 Å². The molecule has 37 heavy (non-hydrogen) atoms. The third kappa shape index (κ3) is 9.70. The largest absolute Gasteiger partial charge is 0.394 e. The third-order valence-electron chi connectivity index (χ3n) is 5.64. The Bertz CT molecular complexity index is 1210. The van der Waals surface area contributed by atoms with Gasteiger partial charge in [0.15, 0.2) is 0 Å². The third-order valence-corrected chi connectivity index (χ3v) is 7.46. The summed E-state index contributed by atoms with van der Waals surface area (Å²) < 4.78 is 38.5. The molecule has 200 valence electrons. The van der Waals surface area contributed by atoms with Crippen LogP contribution in [0.4, 0.5) is 5.82 Å². The maximum absolute atomic E-state index is 12.8. The molecule has 8 nitrogen and oxygen atoms in total. The lowest BCUT2D eigenvalue weighted by Gasteiger charge is -2.21. The molecule has 0 fully saturated rings. The highest BCUT2D eigenvalue weighted by Crippen LogP contribution is 2.27. The Kier molecular flexibility index (Phi) is 11.8. The molecule has 0 saturated carbocycles. The number of nitrogens with one attached hydrogen (secondary N) is 2. The SMILES string of the molecule is Cc1cc(NC(CCc2ccccc2)c2cccc(Cl)c2)ncc1S(=O)(=O)NCCOCCOCCO. The Labute approximate surface area is 224 Å². The van der Waals surface area contributed by atoms with Crippen molar-refractivity contribution in [1.29, 1.82) is 0 Å². The fraction of sp³-hybridized carbons (Fsp3) is 0.370. The zero-order valence-corrected chi connectivity index (χ0v) is 22.5. The average Bonchev–Trinajstić information content (AvgIpc) is 2.88. The zero-order valence-electron chi connectivity index (χ0n) is 20.9. The summed E-state index contributed by atoms with van der Waals surface area (Å²) in [4.78, 5) is 4.52. The van der Waals surface area contributed by atoms with Crippen LogP contribution in [-0.2, 0) is 25.9 Å². The molecule has 1 atom stereocenters. The van der Waals surface area contributed by atoms with Gasteiger partial charge in [-0.15, -0.1) is 0 Å². The van der Waals surface area contributed by atoms with Crippen molar-refractivity contribution in [3.05, 3.63) is 88.6 Å². The fourth-order valence-corrected chi connectivity index (χ4v) is 5.18. The minimum absolute atomic E-state index is 0.0452. The quantitative estimate of drug-likeness (QED) is 0.231. The molecule has 0 saturated heterocycles. The monoisotopic (exact) mass is 547 g/mol. The van der Waals surface area contributed by atoms with Gasteiger partial charge >= 0.3 is 0 Å². The molecule has 0 bridgehead atoms. The maximum atomic E-state index is 12.8. The summed E-state index contributed by atoms with van der Waals surface area (Å²) in [6.07, 6.45) is 3.03. The summed E-state index contributed by atoms with van der Waals surface area (Å²) in [7, 11) is -3.74. The lowest BCUT2D eigenvalue weighted by Crippen LogP contribution is -2.28. The fourth-order valence-electron chi connectivity index (χ4n) is 3.80. The summed E-state index contributed by atoms with van der Waals surface area (Å²) in [6.45, 7) is 2.94. The number of anilines is 1. The van der Waals surface area contributed by atoms with E-state index in [4.69, 9.17) is 26.2 Å². The van der Waals surface area contributed by atoms with Crippen LogP contribution in [-0.4, -0.2) is 58.1 Å². The van der Waals surface area contributed by atoms with E-state index in [1.807, 2.05) is 42.5 Å². The molecule has 2 aromatic carbocycles. The number of halogens is 1. The second kappa shape index (κ2) is 15.0. The molecule has 0 spiro atoms. The van der Waals surface area contributed by atoms with Crippen molar-refractivity contribution in [2.75, 3.05) is 44.9 Å². The molecule has 1 aromatic heterocycles. The Balaban J connectivity index is 1.63. The minimum Gasteiger partial charge on any atom is -0.394 e. The molecule has 0 amide bonds. The first-order valence-electron chi connectivity index (χ1n) is 12.2. The van der Waals surface area contributed by atoms with Gasteiger partial charge in [-0.05, 0) is 54.7 Å². The number of aromatic nitrogens is 1. The number of aryl methyl sites for hydroxylation is 2. The number of hydrogen-bond donors (Lipinski definition) is 3. The summed E-state index contributed by atoms with van der Waals surface area (Å²) in [5.41, 5.74) is 2.84. The van der Waals surface area contributed by atoms with Crippen molar-refractivity contribution in [2.45, 2.75) is 30.7 Å². The number of nitrogens with zero attached hydrogens (tertiary/aromatic N) is 1. The molecule has 0 aliphatic rings. The second-order valence-electron chi connectivity index (χ2n) is 8.46. The van der Waals surface area contributed by atoms with Crippen LogP contribution in [0.25, 0.3) is 0 Å². The standard InChI is InChI=1S/C27H34ClN3O5S/c1-21-18-27(29-20-26(21)37(33,34)30-12-14-35-16-17-36-15-13-32)31-25(23-8-5-9-24(28)19-23)11-10-22-6-3-2-4-7-22/h2-9,18-20,25,30,32H,10-17H2,1H3,(H,29,31). The van der Waals surface area contributed by atoms with Gasteiger partial charge in [-0.1, -0.05) is 54.1 Å². The van der Waals surface area contributed by atoms with Crippen molar-refractivity contribution in [3.63, 3.8) is 0 Å². The van der Waals surface area contributed by atoms with E-state index in [1.165, 1.54) is 11.8 Å². The summed E-state index contributed by atoms with van der Waals surface area (Å²) in [5.74, 6) is 0.584. The zero-order chi connectivity index (χ0) is 26.5. The summed E-state index contributed by atoms with van der Waals surface area (Å²) in [6, 6.07) is 19.6. The van der Waals surface area contributed by atoms with E-state index in [2.05, 4.69) is 27.2 Å². The van der Waals surface area contributed by atoms with Crippen molar-refractivity contribution in [1.82, 2.24) is 9.71 Å². The van der Waals surface area contributed by atoms with Crippen LogP contribution in [0.1, 0.15) is 29.2 Å². The number of rotatable bonds is 16. The molecule has 0 aliphatic heterocycles. The van der Waals surface area contributed by atoms with Crippen molar-refractivity contribution in [3.8, 4) is 0 Å². The van der Waals surface area contributed by atoms with Crippen molar-refractivity contribution < 1.29 is 23.0 Å². The molecule has 1 heterocycles. The van der Waals surface area contributed by atoms with Crippen molar-refractivity contribution in [2.24, 2.45) is 0 Å². The maximum Gasteiger partial charge on any atom is 0.242 e. The first-order chi connectivity index (χ1) is 17.9. The smallest absolute Gasteiger partial charge is 0.242 e. The Hall–Kier alpha value is -2.53. The van der Waals surface area contributed by atoms with Gasteiger partial charge in [-0.25, -0.2) is 18.1 Å². The molecule has 10 heteroatoms. The van der Waals surface area contributed by atoms with Gasteiger partial charge in [0.1, 0.15) is 10.7 Å². The minimum atomic E-state index is -3.74. The second-order valence-corrected chi connectivity index (χ2v) is 10.6. The number of aliphatic hydroxyl groups is 1. The number of hydrogen-bond acceptors (Lipinski definition) is 7. The Morgan fingerprint density at radius 1 is 1.00 bits per heavy atom. The molecule has 3 rings (SSSR count). The van der Waals surface area contributed by atoms with E-state index in [0.29, 0.717) is 29.6 Å². The van der Waals surface area contributed by atoms with Gasteiger partial charge in [0, 0.05) is 17.8 Å². The summed E-state index contributed by atoms with van der Waals surface area (Å²) >= 11 is 6.25. The normalized spacial score (nSPS) is 12.4. The van der Waals surface area contributed by atoms with Gasteiger partial charge in [0.05, 0.1) is 39.1 Å². The number of benzene rings is 2. The molecule has 3 N–H and O–H groups in total. The highest BCUT2D eigenvalue weighted by atomic mass is 35.5. The molecule has 3 aromatic rings. The van der Waals surface area contributed by atoms with Gasteiger partial charge in [-0.2, -0.15) is 0 Å². The van der Waals surface area contributed by atoms with Gasteiger partial charge in [0.25, 0.3) is 0 Å². The predicted molar refractivity (Wildman–Crippen MR) is 145 cm³/mol. The lowest BCUT2D eigenvalue weighted by atomic mass is 9.99. The van der Waals surface area contributed by atoms with E-state index < -0.39 is 10.0 Å². The van der Waals surface area contributed by atoms with E-state index in [1.54, 1.807) is 13.0 Å². The predicted octanol–water partition coefficient (Wildman–Crippen LogP) is 4.13. The van der Waals surface area contributed by atoms with Gasteiger partial charge < -0.3 is 19.9 Å². The van der Waals surface area contributed by atoms with Crippen LogP contribution in [0, 0.1) is 6.92 Å². The molecular formula is C27H34ClN3O5S. The molecule has 0 aliphatic carbocycles. The van der Waals surface area contributed by atoms with Crippen molar-refractivity contribution >= 4 is 27.4 Å². The Morgan fingerprint density at radius 2 is 1.76 bits per heavy atom. The number of pyridine rings is 1. The van der Waals surface area contributed by atoms with Gasteiger partial charge in [-0.3, -0.25) is 0 Å². The number of ether oxygens (including phenoxy) is 2. The summed E-state index contributed by atoms with van der Waals surface area (Å²) in [5, 5.41) is 12.8.